The third-order valence-corrected chi connectivity index (χ3v) is 2.66. The molecule has 1 atom stereocenters. The zero-order valence-corrected chi connectivity index (χ0v) is 10.0. The third-order valence-electron chi connectivity index (χ3n) is 2.66. The van der Waals surface area contributed by atoms with E-state index in [1.165, 1.54) is 12.0 Å². The number of oxazole rings is 1. The molecule has 0 spiro atoms. The highest BCUT2D eigenvalue weighted by Gasteiger charge is 2.06. The average Bonchev–Trinajstić information content (AvgIpc) is 2.89. The van der Waals surface area contributed by atoms with Gasteiger partial charge in [-0.2, -0.15) is 0 Å². The molecule has 17 heavy (non-hydrogen) atoms. The van der Waals surface area contributed by atoms with Gasteiger partial charge in [0.15, 0.2) is 6.39 Å². The summed E-state index contributed by atoms with van der Waals surface area (Å²) in [5.41, 5.74) is 1.18. The van der Waals surface area contributed by atoms with E-state index in [2.05, 4.69) is 23.3 Å². The summed E-state index contributed by atoms with van der Waals surface area (Å²) >= 11 is 0. The Bertz CT molecular complexity index is 454. The molecule has 0 aliphatic rings. The van der Waals surface area contributed by atoms with Gasteiger partial charge >= 0.3 is 0 Å². The Morgan fingerprint density at radius 2 is 2.35 bits per heavy atom. The Kier molecular flexibility index (Phi) is 3.77. The molecule has 1 aromatic heterocycles. The van der Waals surface area contributed by atoms with Crippen molar-refractivity contribution in [2.24, 2.45) is 0 Å². The summed E-state index contributed by atoms with van der Waals surface area (Å²) in [6.45, 7) is 2.77. The van der Waals surface area contributed by atoms with Crippen LogP contribution in [0, 0.1) is 0 Å². The van der Waals surface area contributed by atoms with Crippen LogP contribution in [-0.4, -0.2) is 12.1 Å². The number of rotatable bonds is 5. The van der Waals surface area contributed by atoms with Crippen LogP contribution in [0.4, 0.5) is 0 Å². The van der Waals surface area contributed by atoms with Crippen LogP contribution in [-0.2, 0) is 6.54 Å². The lowest BCUT2D eigenvalue weighted by Crippen LogP contribution is -2.17. The van der Waals surface area contributed by atoms with Crippen molar-refractivity contribution in [3.63, 3.8) is 0 Å². The molecule has 0 radical (unpaired) electrons. The molecule has 1 heterocycles. The maximum atomic E-state index is 5.20. The van der Waals surface area contributed by atoms with Crippen molar-refractivity contribution in [3.05, 3.63) is 48.2 Å². The molecule has 0 saturated heterocycles. The molecule has 2 aromatic rings. The summed E-state index contributed by atoms with van der Waals surface area (Å²) in [4.78, 5) is 3.87. The first kappa shape index (κ1) is 11.7. The van der Waals surface area contributed by atoms with Gasteiger partial charge in [-0.15, -0.1) is 0 Å². The van der Waals surface area contributed by atoms with Gasteiger partial charge in [-0.05, 0) is 24.6 Å². The van der Waals surface area contributed by atoms with Crippen molar-refractivity contribution in [1.29, 1.82) is 0 Å². The van der Waals surface area contributed by atoms with Crippen LogP contribution in [0.25, 0.3) is 0 Å². The number of nitrogens with one attached hydrogen (secondary N) is 1. The number of ether oxygens (including phenoxy) is 1. The van der Waals surface area contributed by atoms with E-state index in [1.807, 2.05) is 18.2 Å². The summed E-state index contributed by atoms with van der Waals surface area (Å²) in [6.07, 6.45) is 3.15. The van der Waals surface area contributed by atoms with Crippen LogP contribution >= 0.6 is 0 Å². The zero-order valence-electron chi connectivity index (χ0n) is 10.0. The number of methoxy groups -OCH3 is 1. The van der Waals surface area contributed by atoms with Crippen LogP contribution in [0.15, 0.2) is 41.3 Å². The molecule has 0 amide bonds. The minimum Gasteiger partial charge on any atom is -0.497 e. The smallest absolute Gasteiger partial charge is 0.180 e. The lowest BCUT2D eigenvalue weighted by Gasteiger charge is -2.14. The van der Waals surface area contributed by atoms with E-state index in [0.29, 0.717) is 6.54 Å². The fourth-order valence-electron chi connectivity index (χ4n) is 1.61. The maximum Gasteiger partial charge on any atom is 0.180 e. The minimum absolute atomic E-state index is 0.232. The second-order valence-electron chi connectivity index (χ2n) is 3.85. The molecule has 0 unspecified atom stereocenters. The molecule has 2 rings (SSSR count). The highest BCUT2D eigenvalue weighted by Crippen LogP contribution is 2.18. The molecular weight excluding hydrogens is 216 g/mol. The van der Waals surface area contributed by atoms with Crippen LogP contribution in [0.3, 0.4) is 0 Å². The first-order valence-electron chi connectivity index (χ1n) is 5.54. The second kappa shape index (κ2) is 5.50. The molecule has 0 aliphatic carbocycles. The van der Waals surface area contributed by atoms with Crippen LogP contribution in [0.5, 0.6) is 5.75 Å². The minimum atomic E-state index is 0.232. The lowest BCUT2D eigenvalue weighted by molar-refractivity contribution is 0.412. The molecule has 4 heteroatoms. The monoisotopic (exact) mass is 232 g/mol. The SMILES string of the molecule is COc1cccc([C@H](C)NCc2cnco2)c1. The second-order valence-corrected chi connectivity index (χ2v) is 3.85. The molecule has 0 bridgehead atoms. The highest BCUT2D eigenvalue weighted by molar-refractivity contribution is 5.30. The predicted molar refractivity (Wildman–Crippen MR) is 64.8 cm³/mol. The molecule has 0 saturated carbocycles. The van der Waals surface area contributed by atoms with Crippen LogP contribution in [0.2, 0.25) is 0 Å². The Morgan fingerprint density at radius 3 is 3.06 bits per heavy atom. The maximum absolute atomic E-state index is 5.20. The fourth-order valence-corrected chi connectivity index (χ4v) is 1.61. The zero-order chi connectivity index (χ0) is 12.1. The van der Waals surface area contributed by atoms with Crippen LogP contribution < -0.4 is 10.1 Å². The van der Waals surface area contributed by atoms with Gasteiger partial charge < -0.3 is 14.5 Å². The van der Waals surface area contributed by atoms with E-state index < -0.39 is 0 Å². The Morgan fingerprint density at radius 1 is 1.47 bits per heavy atom. The first-order chi connectivity index (χ1) is 8.29. The number of nitrogens with zero attached hydrogens (tertiary/aromatic N) is 1. The number of aromatic nitrogens is 1. The summed E-state index contributed by atoms with van der Waals surface area (Å²) in [5.74, 6) is 1.70. The summed E-state index contributed by atoms with van der Waals surface area (Å²) < 4.78 is 10.4. The molecule has 1 N–H and O–H groups in total. The molecular formula is C13H16N2O2. The summed E-state index contributed by atoms with van der Waals surface area (Å²) in [5, 5.41) is 3.36. The molecule has 90 valence electrons. The van der Waals surface area contributed by atoms with Crippen molar-refractivity contribution in [1.82, 2.24) is 10.3 Å². The van der Waals surface area contributed by atoms with Gasteiger partial charge in [0.2, 0.25) is 0 Å². The largest absolute Gasteiger partial charge is 0.497 e. The number of hydrogen-bond acceptors (Lipinski definition) is 4. The van der Waals surface area contributed by atoms with E-state index in [0.717, 1.165) is 11.5 Å². The number of benzene rings is 1. The standard InChI is InChI=1S/C13H16N2O2/c1-10(15-8-13-7-14-9-17-13)11-4-3-5-12(6-11)16-2/h3-7,9-10,15H,8H2,1-2H3/t10-/m0/s1. The topological polar surface area (TPSA) is 47.3 Å². The van der Waals surface area contributed by atoms with Crippen molar-refractivity contribution in [2.75, 3.05) is 7.11 Å². The number of hydrogen-bond donors (Lipinski definition) is 1. The molecule has 4 nitrogen and oxygen atoms in total. The normalized spacial score (nSPS) is 12.4. The van der Waals surface area contributed by atoms with Gasteiger partial charge in [0, 0.05) is 6.04 Å². The highest BCUT2D eigenvalue weighted by atomic mass is 16.5. The quantitative estimate of drug-likeness (QED) is 0.860. The average molecular weight is 232 g/mol. The third kappa shape index (κ3) is 3.07. The van der Waals surface area contributed by atoms with Crippen LogP contribution in [0.1, 0.15) is 24.3 Å². The van der Waals surface area contributed by atoms with E-state index in [4.69, 9.17) is 9.15 Å². The van der Waals surface area contributed by atoms with Gasteiger partial charge in [0.05, 0.1) is 19.9 Å². The summed E-state index contributed by atoms with van der Waals surface area (Å²) in [6, 6.07) is 8.25. The molecule has 0 fully saturated rings. The lowest BCUT2D eigenvalue weighted by atomic mass is 10.1. The van der Waals surface area contributed by atoms with E-state index in [1.54, 1.807) is 13.3 Å². The molecule has 1 aromatic carbocycles. The van der Waals surface area contributed by atoms with Crippen molar-refractivity contribution >= 4 is 0 Å². The van der Waals surface area contributed by atoms with Gasteiger partial charge in [0.25, 0.3) is 0 Å². The van der Waals surface area contributed by atoms with E-state index in [9.17, 15) is 0 Å². The summed E-state index contributed by atoms with van der Waals surface area (Å²) in [7, 11) is 1.67. The van der Waals surface area contributed by atoms with E-state index >= 15 is 0 Å². The predicted octanol–water partition coefficient (Wildman–Crippen LogP) is 2.53. The van der Waals surface area contributed by atoms with Gasteiger partial charge in [0.1, 0.15) is 11.5 Å². The van der Waals surface area contributed by atoms with E-state index in [-0.39, 0.29) is 6.04 Å². The Hall–Kier alpha value is -1.81. The Labute approximate surface area is 101 Å². The van der Waals surface area contributed by atoms with Gasteiger partial charge in [-0.1, -0.05) is 12.1 Å². The van der Waals surface area contributed by atoms with Crippen molar-refractivity contribution < 1.29 is 9.15 Å². The fraction of sp³-hybridized carbons (Fsp3) is 0.308. The van der Waals surface area contributed by atoms with Gasteiger partial charge in [-0.25, -0.2) is 4.98 Å². The molecule has 0 aliphatic heterocycles. The van der Waals surface area contributed by atoms with Crippen molar-refractivity contribution in [3.8, 4) is 5.75 Å². The first-order valence-corrected chi connectivity index (χ1v) is 5.54. The Balaban J connectivity index is 1.96. The van der Waals surface area contributed by atoms with Crippen molar-refractivity contribution in [2.45, 2.75) is 19.5 Å². The van der Waals surface area contributed by atoms with Gasteiger partial charge in [-0.3, -0.25) is 0 Å².